The van der Waals surface area contributed by atoms with Crippen LogP contribution >= 0.6 is 0 Å². The van der Waals surface area contributed by atoms with Crippen LogP contribution in [0, 0.1) is 0 Å². The minimum Gasteiger partial charge on any atom is -0.494 e. The number of ether oxygens (including phenoxy) is 1. The summed E-state index contributed by atoms with van der Waals surface area (Å²) in [4.78, 5) is 2.39. The van der Waals surface area contributed by atoms with Gasteiger partial charge in [0.15, 0.2) is 5.82 Å². The van der Waals surface area contributed by atoms with Crippen LogP contribution in [-0.2, 0) is 10.0 Å². The predicted molar refractivity (Wildman–Crippen MR) is 103 cm³/mol. The third-order valence-corrected chi connectivity index (χ3v) is 6.91. The number of hydrogen-bond acceptors (Lipinski definition) is 6. The van der Waals surface area contributed by atoms with Gasteiger partial charge < -0.3 is 9.64 Å². The zero-order valence-corrected chi connectivity index (χ0v) is 16.2. The second-order valence-electron chi connectivity index (χ2n) is 6.89. The van der Waals surface area contributed by atoms with Gasteiger partial charge in [-0.15, -0.1) is 5.10 Å². The number of hydrogen-bond donors (Lipinski definition) is 0. The SMILES string of the molecule is CCOc1ccc(S(=O)(=O)N2CCN(c3ccc(C4CC4)nn3)CC2)cc1. The Morgan fingerprint density at radius 3 is 2.26 bits per heavy atom. The molecule has 1 aromatic heterocycles. The van der Waals surface area contributed by atoms with E-state index in [9.17, 15) is 8.42 Å². The Kier molecular flexibility index (Phi) is 5.01. The fraction of sp³-hybridized carbons (Fsp3) is 0.474. The maximum Gasteiger partial charge on any atom is 0.243 e. The van der Waals surface area contributed by atoms with Crippen LogP contribution in [0.3, 0.4) is 0 Å². The van der Waals surface area contributed by atoms with Crippen molar-refractivity contribution in [3.8, 4) is 5.75 Å². The first-order valence-electron chi connectivity index (χ1n) is 9.39. The van der Waals surface area contributed by atoms with E-state index in [1.807, 2.05) is 19.1 Å². The Hall–Kier alpha value is -2.19. The topological polar surface area (TPSA) is 75.6 Å². The van der Waals surface area contributed by atoms with Gasteiger partial charge in [-0.25, -0.2) is 8.42 Å². The van der Waals surface area contributed by atoms with Crippen LogP contribution in [0.4, 0.5) is 5.82 Å². The summed E-state index contributed by atoms with van der Waals surface area (Å²) in [7, 11) is -3.49. The summed E-state index contributed by atoms with van der Waals surface area (Å²) in [5.41, 5.74) is 1.07. The zero-order valence-electron chi connectivity index (χ0n) is 15.4. The average molecular weight is 388 g/mol. The van der Waals surface area contributed by atoms with Gasteiger partial charge in [-0.1, -0.05) is 0 Å². The molecule has 4 rings (SSSR count). The highest BCUT2D eigenvalue weighted by molar-refractivity contribution is 7.89. The van der Waals surface area contributed by atoms with Gasteiger partial charge in [-0.3, -0.25) is 0 Å². The molecule has 1 saturated carbocycles. The fourth-order valence-corrected chi connectivity index (χ4v) is 4.70. The summed E-state index contributed by atoms with van der Waals surface area (Å²) in [6.45, 7) is 4.53. The van der Waals surface area contributed by atoms with E-state index in [0.717, 1.165) is 11.5 Å². The molecule has 1 saturated heterocycles. The number of benzene rings is 1. The van der Waals surface area contributed by atoms with Gasteiger partial charge in [0.25, 0.3) is 0 Å². The molecule has 1 aromatic carbocycles. The highest BCUT2D eigenvalue weighted by Crippen LogP contribution is 2.38. The molecule has 0 radical (unpaired) electrons. The molecule has 144 valence electrons. The summed E-state index contributed by atoms with van der Waals surface area (Å²) < 4.78 is 32.6. The third kappa shape index (κ3) is 3.91. The monoisotopic (exact) mass is 388 g/mol. The molecule has 1 aliphatic carbocycles. The van der Waals surface area contributed by atoms with Gasteiger partial charge in [-0.05, 0) is 56.2 Å². The average Bonchev–Trinajstić information content (AvgIpc) is 3.54. The highest BCUT2D eigenvalue weighted by Gasteiger charge is 2.30. The smallest absolute Gasteiger partial charge is 0.243 e. The standard InChI is InChI=1S/C19H24N4O3S/c1-2-26-16-5-7-17(8-6-16)27(24,25)23-13-11-22(12-14-23)19-10-9-18(20-21-19)15-3-4-15/h5-10,15H,2-4,11-14H2,1H3. The van der Waals surface area contributed by atoms with Crippen molar-refractivity contribution in [1.82, 2.24) is 14.5 Å². The minimum absolute atomic E-state index is 0.299. The first kappa shape index (κ1) is 18.2. The molecule has 2 aromatic rings. The molecular weight excluding hydrogens is 364 g/mol. The molecule has 0 unspecified atom stereocenters. The van der Waals surface area contributed by atoms with E-state index in [2.05, 4.69) is 15.1 Å². The van der Waals surface area contributed by atoms with Gasteiger partial charge in [0.05, 0.1) is 17.2 Å². The van der Waals surface area contributed by atoms with Crippen LogP contribution in [0.25, 0.3) is 0 Å². The normalized spacial score (nSPS) is 18.5. The lowest BCUT2D eigenvalue weighted by Crippen LogP contribution is -2.49. The molecule has 0 spiro atoms. The van der Waals surface area contributed by atoms with Crippen molar-refractivity contribution < 1.29 is 13.2 Å². The summed E-state index contributed by atoms with van der Waals surface area (Å²) in [6.07, 6.45) is 2.41. The Morgan fingerprint density at radius 2 is 1.70 bits per heavy atom. The molecule has 2 fully saturated rings. The Labute approximate surface area is 160 Å². The summed E-state index contributed by atoms with van der Waals surface area (Å²) in [5.74, 6) is 2.08. The van der Waals surface area contributed by atoms with Gasteiger partial charge in [0.1, 0.15) is 5.75 Å². The van der Waals surface area contributed by atoms with Gasteiger partial charge in [-0.2, -0.15) is 9.40 Å². The molecule has 2 aliphatic rings. The maximum absolute atomic E-state index is 12.9. The molecule has 1 aliphatic heterocycles. The van der Waals surface area contributed by atoms with Crippen molar-refractivity contribution in [2.45, 2.75) is 30.6 Å². The number of sulfonamides is 1. The van der Waals surface area contributed by atoms with Crippen molar-refractivity contribution >= 4 is 15.8 Å². The summed E-state index contributed by atoms with van der Waals surface area (Å²) >= 11 is 0. The van der Waals surface area contributed by atoms with Crippen molar-refractivity contribution in [3.63, 3.8) is 0 Å². The second kappa shape index (κ2) is 7.44. The number of aromatic nitrogens is 2. The lowest BCUT2D eigenvalue weighted by Gasteiger charge is -2.34. The molecule has 0 amide bonds. The van der Waals surface area contributed by atoms with Crippen LogP contribution in [0.15, 0.2) is 41.3 Å². The quantitative estimate of drug-likeness (QED) is 0.756. The van der Waals surface area contributed by atoms with Gasteiger partial charge in [0.2, 0.25) is 10.0 Å². The fourth-order valence-electron chi connectivity index (χ4n) is 3.28. The van der Waals surface area contributed by atoms with Crippen molar-refractivity contribution in [1.29, 1.82) is 0 Å². The van der Waals surface area contributed by atoms with Crippen LogP contribution < -0.4 is 9.64 Å². The summed E-state index contributed by atoms with van der Waals surface area (Å²) in [6, 6.07) is 10.6. The largest absolute Gasteiger partial charge is 0.494 e. The van der Waals surface area contributed by atoms with E-state index < -0.39 is 10.0 Å². The number of piperazine rings is 1. The second-order valence-corrected chi connectivity index (χ2v) is 8.82. The molecule has 0 bridgehead atoms. The van der Waals surface area contributed by atoms with Crippen LogP contribution in [0.5, 0.6) is 5.75 Å². The Balaban J connectivity index is 1.40. The number of anilines is 1. The first-order valence-corrected chi connectivity index (χ1v) is 10.8. The van der Waals surface area contributed by atoms with Crippen molar-refractivity contribution in [3.05, 3.63) is 42.1 Å². The Morgan fingerprint density at radius 1 is 1.00 bits per heavy atom. The van der Waals surface area contributed by atoms with Crippen LogP contribution in [0.2, 0.25) is 0 Å². The Bertz CT molecular complexity index is 872. The number of rotatable bonds is 6. The van der Waals surface area contributed by atoms with E-state index in [-0.39, 0.29) is 0 Å². The molecule has 0 N–H and O–H groups in total. The maximum atomic E-state index is 12.9. The third-order valence-electron chi connectivity index (χ3n) is 5.00. The van der Waals surface area contributed by atoms with E-state index in [1.54, 1.807) is 24.3 Å². The van der Waals surface area contributed by atoms with E-state index in [1.165, 1.54) is 17.1 Å². The van der Waals surface area contributed by atoms with E-state index >= 15 is 0 Å². The lowest BCUT2D eigenvalue weighted by molar-refractivity contribution is 0.340. The predicted octanol–water partition coefficient (Wildman–Crippen LogP) is 2.26. The van der Waals surface area contributed by atoms with Crippen LogP contribution in [-0.4, -0.2) is 55.7 Å². The van der Waals surface area contributed by atoms with Crippen molar-refractivity contribution in [2.75, 3.05) is 37.7 Å². The molecule has 0 atom stereocenters. The first-order chi connectivity index (χ1) is 13.1. The van der Waals surface area contributed by atoms with Crippen molar-refractivity contribution in [2.24, 2.45) is 0 Å². The summed E-state index contributed by atoms with van der Waals surface area (Å²) in [5, 5.41) is 8.65. The zero-order chi connectivity index (χ0) is 18.9. The molecular formula is C19H24N4O3S. The van der Waals surface area contributed by atoms with Crippen LogP contribution in [0.1, 0.15) is 31.4 Å². The van der Waals surface area contributed by atoms with E-state index in [0.29, 0.717) is 49.3 Å². The van der Waals surface area contributed by atoms with Gasteiger partial charge in [0, 0.05) is 32.1 Å². The molecule has 2 heterocycles. The van der Waals surface area contributed by atoms with Gasteiger partial charge >= 0.3 is 0 Å². The highest BCUT2D eigenvalue weighted by atomic mass is 32.2. The molecule has 27 heavy (non-hydrogen) atoms. The molecule has 7 nitrogen and oxygen atoms in total. The minimum atomic E-state index is -3.49. The van der Waals surface area contributed by atoms with E-state index in [4.69, 9.17) is 4.74 Å². The number of nitrogens with zero attached hydrogens (tertiary/aromatic N) is 4. The molecule has 8 heteroatoms. The lowest BCUT2D eigenvalue weighted by atomic mass is 10.2.